The zero-order valence-electron chi connectivity index (χ0n) is 11.8. The van der Waals surface area contributed by atoms with E-state index in [9.17, 15) is 10.2 Å². The summed E-state index contributed by atoms with van der Waals surface area (Å²) in [4.78, 5) is 2.26. The molecule has 1 aliphatic heterocycles. The van der Waals surface area contributed by atoms with E-state index in [1.807, 2.05) is 24.3 Å². The topological polar surface area (TPSA) is 69.7 Å². The normalized spacial score (nSPS) is 16.1. The van der Waals surface area contributed by atoms with Crippen LogP contribution in [0.3, 0.4) is 0 Å². The summed E-state index contributed by atoms with van der Waals surface area (Å²) in [7, 11) is 0. The Kier molecular flexibility index (Phi) is 3.60. The molecule has 0 unspecified atom stereocenters. The summed E-state index contributed by atoms with van der Waals surface area (Å²) in [6.45, 7) is 1.79. The number of phenols is 2. The third-order valence-electron chi connectivity index (χ3n) is 4.15. The van der Waals surface area contributed by atoms with Crippen molar-refractivity contribution in [3.05, 3.63) is 48.0 Å². The van der Waals surface area contributed by atoms with Crippen LogP contribution in [0.15, 0.2) is 36.4 Å². The number of aromatic hydroxyl groups is 2. The van der Waals surface area contributed by atoms with Gasteiger partial charge in [0.15, 0.2) is 0 Å². The molecule has 2 aromatic rings. The van der Waals surface area contributed by atoms with Gasteiger partial charge in [0.05, 0.1) is 11.4 Å². The molecule has 0 amide bonds. The van der Waals surface area contributed by atoms with Crippen molar-refractivity contribution in [2.75, 3.05) is 23.7 Å². The van der Waals surface area contributed by atoms with Crippen LogP contribution in [0.2, 0.25) is 0 Å². The monoisotopic (exact) mass is 283 g/mol. The molecule has 4 heteroatoms. The highest BCUT2D eigenvalue weighted by molar-refractivity contribution is 5.66. The number of nitrogens with zero attached hydrogens (tertiary/aromatic N) is 1. The Morgan fingerprint density at radius 2 is 1.90 bits per heavy atom. The van der Waals surface area contributed by atoms with E-state index in [2.05, 4.69) is 11.0 Å². The molecule has 1 fully saturated rings. The van der Waals surface area contributed by atoms with Crippen LogP contribution in [0, 0.1) is 6.07 Å². The van der Waals surface area contributed by atoms with Crippen molar-refractivity contribution in [1.29, 1.82) is 0 Å². The molecule has 4 N–H and O–H groups in total. The Morgan fingerprint density at radius 3 is 2.57 bits per heavy atom. The van der Waals surface area contributed by atoms with Crippen molar-refractivity contribution in [3.63, 3.8) is 0 Å². The average Bonchev–Trinajstić information content (AvgIpc) is 2.48. The van der Waals surface area contributed by atoms with Crippen LogP contribution in [0.1, 0.15) is 24.3 Å². The lowest BCUT2D eigenvalue weighted by Crippen LogP contribution is -2.33. The van der Waals surface area contributed by atoms with Crippen molar-refractivity contribution in [2.24, 2.45) is 0 Å². The van der Waals surface area contributed by atoms with E-state index in [4.69, 9.17) is 5.73 Å². The van der Waals surface area contributed by atoms with Gasteiger partial charge in [-0.05, 0) is 36.5 Å². The second-order valence-electron chi connectivity index (χ2n) is 5.47. The van der Waals surface area contributed by atoms with E-state index in [0.717, 1.165) is 37.2 Å². The van der Waals surface area contributed by atoms with Gasteiger partial charge in [0, 0.05) is 25.2 Å². The molecule has 0 aliphatic carbocycles. The van der Waals surface area contributed by atoms with E-state index in [0.29, 0.717) is 11.6 Å². The first-order valence-corrected chi connectivity index (χ1v) is 7.18. The fourth-order valence-electron chi connectivity index (χ4n) is 3.03. The molecular weight excluding hydrogens is 264 g/mol. The number of para-hydroxylation sites is 1. The van der Waals surface area contributed by atoms with Crippen molar-refractivity contribution < 1.29 is 10.2 Å². The minimum absolute atomic E-state index is 0.0984. The van der Waals surface area contributed by atoms with Gasteiger partial charge in [-0.25, -0.2) is 0 Å². The number of rotatable bonds is 2. The quantitative estimate of drug-likeness (QED) is 0.741. The minimum atomic E-state index is 0.0984. The molecule has 1 aliphatic rings. The Bertz CT molecular complexity index is 634. The van der Waals surface area contributed by atoms with Crippen LogP contribution >= 0.6 is 0 Å². The highest BCUT2D eigenvalue weighted by Crippen LogP contribution is 2.37. The van der Waals surface area contributed by atoms with Crippen LogP contribution in [0.4, 0.5) is 11.4 Å². The molecule has 4 nitrogen and oxygen atoms in total. The number of hydrogen-bond donors (Lipinski definition) is 3. The minimum Gasteiger partial charge on any atom is -0.508 e. The van der Waals surface area contributed by atoms with Gasteiger partial charge < -0.3 is 20.8 Å². The summed E-state index contributed by atoms with van der Waals surface area (Å²) >= 11 is 0. The van der Waals surface area contributed by atoms with Crippen molar-refractivity contribution in [3.8, 4) is 11.5 Å². The van der Waals surface area contributed by atoms with Crippen molar-refractivity contribution in [2.45, 2.75) is 18.8 Å². The number of anilines is 2. The van der Waals surface area contributed by atoms with Gasteiger partial charge in [0.2, 0.25) is 0 Å². The number of hydrogen-bond acceptors (Lipinski definition) is 4. The predicted octanol–water partition coefficient (Wildman–Crippen LogP) is 2.86. The number of piperidine rings is 1. The van der Waals surface area contributed by atoms with Gasteiger partial charge in [0.25, 0.3) is 0 Å². The molecule has 1 radical (unpaired) electrons. The highest BCUT2D eigenvalue weighted by Gasteiger charge is 2.23. The van der Waals surface area contributed by atoms with Gasteiger partial charge in [0.1, 0.15) is 11.5 Å². The number of nitrogen functional groups attached to an aromatic ring is 1. The molecule has 0 bridgehead atoms. The number of nitrogens with two attached hydrogens (primary N) is 1. The zero-order valence-corrected chi connectivity index (χ0v) is 11.8. The van der Waals surface area contributed by atoms with Crippen molar-refractivity contribution >= 4 is 11.4 Å². The fraction of sp³-hybridized carbons (Fsp3) is 0.294. The first kappa shape index (κ1) is 13.6. The third kappa shape index (κ3) is 2.75. The molecule has 1 saturated heterocycles. The van der Waals surface area contributed by atoms with E-state index in [1.165, 1.54) is 6.07 Å². The lowest BCUT2D eigenvalue weighted by Gasteiger charge is -2.34. The maximum atomic E-state index is 9.97. The lowest BCUT2D eigenvalue weighted by molar-refractivity contribution is 0.428. The molecule has 21 heavy (non-hydrogen) atoms. The molecule has 0 aromatic heterocycles. The van der Waals surface area contributed by atoms with E-state index >= 15 is 0 Å². The number of phenolic OH excluding ortho intramolecular Hbond substituents is 2. The Hall–Kier alpha value is -2.36. The second-order valence-corrected chi connectivity index (χ2v) is 5.47. The Labute approximate surface area is 124 Å². The summed E-state index contributed by atoms with van der Waals surface area (Å²) in [6, 6.07) is 13.7. The Balaban J connectivity index is 1.72. The summed E-state index contributed by atoms with van der Waals surface area (Å²) in [6.07, 6.45) is 1.90. The first-order valence-electron chi connectivity index (χ1n) is 7.18. The molecule has 0 atom stereocenters. The van der Waals surface area contributed by atoms with Crippen LogP contribution in [0.5, 0.6) is 11.5 Å². The van der Waals surface area contributed by atoms with Gasteiger partial charge in [-0.2, -0.15) is 0 Å². The summed E-state index contributed by atoms with van der Waals surface area (Å²) < 4.78 is 0. The van der Waals surface area contributed by atoms with Gasteiger partial charge in [-0.1, -0.05) is 18.2 Å². The average molecular weight is 283 g/mol. The van der Waals surface area contributed by atoms with Crippen LogP contribution < -0.4 is 10.6 Å². The molecule has 1 heterocycles. The summed E-state index contributed by atoms with van der Waals surface area (Å²) in [5, 5.41) is 19.3. The van der Waals surface area contributed by atoms with E-state index < -0.39 is 0 Å². The smallest absolute Gasteiger partial charge is 0.122 e. The molecular formula is C17H19N2O2. The third-order valence-corrected chi connectivity index (χ3v) is 4.15. The predicted molar refractivity (Wildman–Crippen MR) is 83.7 cm³/mol. The molecule has 2 aromatic carbocycles. The molecule has 3 rings (SSSR count). The summed E-state index contributed by atoms with van der Waals surface area (Å²) in [5.41, 5.74) is 8.61. The first-order chi connectivity index (χ1) is 10.1. The van der Waals surface area contributed by atoms with Crippen LogP contribution in [0.25, 0.3) is 0 Å². The van der Waals surface area contributed by atoms with Crippen LogP contribution in [-0.2, 0) is 0 Å². The zero-order chi connectivity index (χ0) is 14.8. The number of benzene rings is 2. The standard InChI is InChI=1S/C17H19N2O2/c18-15-3-1-2-4-16(15)19-9-7-12(8-10-19)14-6-5-13(20)11-17(14)21/h1-2,4-6,11-12,20-21H,7-10,18H2. The van der Waals surface area contributed by atoms with Gasteiger partial charge in [-0.15, -0.1) is 0 Å². The maximum Gasteiger partial charge on any atom is 0.122 e. The second kappa shape index (κ2) is 5.56. The van der Waals surface area contributed by atoms with E-state index in [-0.39, 0.29) is 11.5 Å². The van der Waals surface area contributed by atoms with Crippen molar-refractivity contribution in [1.82, 2.24) is 0 Å². The molecule has 109 valence electrons. The SMILES string of the molecule is Nc1[c]cccc1N1CCC(c2ccc(O)cc2O)CC1. The largest absolute Gasteiger partial charge is 0.508 e. The highest BCUT2D eigenvalue weighted by atomic mass is 16.3. The lowest BCUT2D eigenvalue weighted by atomic mass is 9.88. The summed E-state index contributed by atoms with van der Waals surface area (Å²) in [5.74, 6) is 0.595. The van der Waals surface area contributed by atoms with Gasteiger partial charge >= 0.3 is 0 Å². The molecule has 0 spiro atoms. The molecule has 0 saturated carbocycles. The maximum absolute atomic E-state index is 9.97. The Morgan fingerprint density at radius 1 is 1.14 bits per heavy atom. The van der Waals surface area contributed by atoms with E-state index in [1.54, 1.807) is 6.07 Å². The van der Waals surface area contributed by atoms with Crippen LogP contribution in [-0.4, -0.2) is 23.3 Å². The fourth-order valence-corrected chi connectivity index (χ4v) is 3.03. The van der Waals surface area contributed by atoms with Gasteiger partial charge in [-0.3, -0.25) is 0 Å².